The highest BCUT2D eigenvalue weighted by molar-refractivity contribution is 7.73. The van der Waals surface area contributed by atoms with Crippen LogP contribution in [0.1, 0.15) is 36.4 Å². The number of nitrogens with zero attached hydrogens (tertiary/aromatic N) is 1. The van der Waals surface area contributed by atoms with Crippen molar-refractivity contribution in [3.63, 3.8) is 0 Å². The van der Waals surface area contributed by atoms with Crippen LogP contribution in [0.5, 0.6) is 0 Å². The summed E-state index contributed by atoms with van der Waals surface area (Å²) in [5.41, 5.74) is 3.54. The molecular formula is C27H32NP. The Morgan fingerprint density at radius 2 is 1.45 bits per heavy atom. The molecule has 0 aromatic heterocycles. The number of benzene rings is 3. The monoisotopic (exact) mass is 401 g/mol. The number of hydrogen-bond donors (Lipinski definition) is 0. The van der Waals surface area contributed by atoms with E-state index >= 15 is 0 Å². The third-order valence-electron chi connectivity index (χ3n) is 6.28. The van der Waals surface area contributed by atoms with E-state index in [9.17, 15) is 0 Å². The summed E-state index contributed by atoms with van der Waals surface area (Å²) in [7, 11) is 4.13. The van der Waals surface area contributed by atoms with Crippen LogP contribution < -0.4 is 10.6 Å². The molecular weight excluding hydrogens is 369 g/mol. The molecule has 4 atom stereocenters. The number of rotatable bonds is 6. The maximum atomic E-state index is 2.45. The lowest BCUT2D eigenvalue weighted by Gasteiger charge is -2.38. The van der Waals surface area contributed by atoms with Crippen LogP contribution in [0, 0.1) is 12.8 Å². The molecule has 1 saturated carbocycles. The molecule has 2 heteroatoms. The largest absolute Gasteiger partial charge is 0.302 e. The summed E-state index contributed by atoms with van der Waals surface area (Å²) in [5, 5.41) is 3.06. The molecule has 0 radical (unpaired) electrons. The van der Waals surface area contributed by atoms with Crippen molar-refractivity contribution < 1.29 is 0 Å². The zero-order valence-electron chi connectivity index (χ0n) is 17.8. The first-order valence-electron chi connectivity index (χ1n) is 10.8. The van der Waals surface area contributed by atoms with Crippen LogP contribution >= 0.6 is 7.92 Å². The van der Waals surface area contributed by atoms with E-state index < -0.39 is 0 Å². The second kappa shape index (κ2) is 9.24. The van der Waals surface area contributed by atoms with Crippen LogP contribution in [0.2, 0.25) is 0 Å². The van der Waals surface area contributed by atoms with Crippen molar-refractivity contribution in [3.8, 4) is 0 Å². The molecule has 1 aliphatic carbocycles. The average Bonchev–Trinajstić information content (AvgIpc) is 3.18. The SMILES string of the molecule is Cc1cccc(P(c2ccccc2)C2CCCC2C(c2ccccc2)N(C)C)c1. The van der Waals surface area contributed by atoms with Gasteiger partial charge in [0.1, 0.15) is 0 Å². The summed E-state index contributed by atoms with van der Waals surface area (Å²) >= 11 is 0. The van der Waals surface area contributed by atoms with E-state index in [0.29, 0.717) is 17.6 Å². The van der Waals surface area contributed by atoms with Gasteiger partial charge in [-0.25, -0.2) is 0 Å². The lowest BCUT2D eigenvalue weighted by molar-refractivity contribution is 0.217. The molecule has 4 rings (SSSR count). The van der Waals surface area contributed by atoms with E-state index in [1.54, 1.807) is 0 Å². The summed E-state index contributed by atoms with van der Waals surface area (Å²) in [5.74, 6) is 0.680. The standard InChI is InChI=1S/C27H32NP/c1-21-12-10-17-24(20-21)29(23-15-8-5-9-16-23)26-19-11-18-25(26)27(28(2)3)22-13-6-4-7-14-22/h4-10,12-17,20,25-27H,11,18-19H2,1-3H3. The molecule has 3 aromatic rings. The van der Waals surface area contributed by atoms with Crippen molar-refractivity contribution in [2.24, 2.45) is 5.92 Å². The van der Waals surface area contributed by atoms with Crippen LogP contribution in [-0.4, -0.2) is 24.7 Å². The van der Waals surface area contributed by atoms with E-state index in [-0.39, 0.29) is 7.92 Å². The van der Waals surface area contributed by atoms with Crippen molar-refractivity contribution in [3.05, 3.63) is 96.1 Å². The van der Waals surface area contributed by atoms with Crippen molar-refractivity contribution in [1.82, 2.24) is 4.90 Å². The van der Waals surface area contributed by atoms with Gasteiger partial charge in [-0.15, -0.1) is 0 Å². The van der Waals surface area contributed by atoms with Crippen molar-refractivity contribution in [1.29, 1.82) is 0 Å². The molecule has 1 aliphatic rings. The zero-order valence-corrected chi connectivity index (χ0v) is 18.7. The molecule has 0 heterocycles. The van der Waals surface area contributed by atoms with Crippen molar-refractivity contribution >= 4 is 18.5 Å². The molecule has 0 N–H and O–H groups in total. The molecule has 1 fully saturated rings. The Hall–Kier alpha value is -1.95. The van der Waals surface area contributed by atoms with E-state index in [1.807, 2.05) is 0 Å². The van der Waals surface area contributed by atoms with E-state index in [4.69, 9.17) is 0 Å². The van der Waals surface area contributed by atoms with Gasteiger partial charge in [-0.3, -0.25) is 0 Å². The first kappa shape index (κ1) is 20.3. The topological polar surface area (TPSA) is 3.24 Å². The minimum absolute atomic E-state index is 0.382. The van der Waals surface area contributed by atoms with Crippen LogP contribution in [0.25, 0.3) is 0 Å². The average molecular weight is 402 g/mol. The Morgan fingerprint density at radius 3 is 2.10 bits per heavy atom. The normalized spacial score (nSPS) is 21.2. The maximum absolute atomic E-state index is 2.45. The maximum Gasteiger partial charge on any atom is 0.0376 e. The minimum Gasteiger partial charge on any atom is -0.302 e. The van der Waals surface area contributed by atoms with E-state index in [2.05, 4.69) is 111 Å². The van der Waals surface area contributed by atoms with Gasteiger partial charge in [0.2, 0.25) is 0 Å². The zero-order chi connectivity index (χ0) is 20.2. The highest BCUT2D eigenvalue weighted by atomic mass is 31.1. The summed E-state index contributed by atoms with van der Waals surface area (Å²) < 4.78 is 0. The van der Waals surface area contributed by atoms with Gasteiger partial charge in [-0.05, 0) is 69.5 Å². The van der Waals surface area contributed by atoms with Crippen LogP contribution in [0.15, 0.2) is 84.9 Å². The summed E-state index contributed by atoms with van der Waals surface area (Å²) in [4.78, 5) is 2.45. The molecule has 4 unspecified atom stereocenters. The highest BCUT2D eigenvalue weighted by Gasteiger charge is 2.40. The smallest absolute Gasteiger partial charge is 0.0376 e. The molecule has 29 heavy (non-hydrogen) atoms. The first-order valence-corrected chi connectivity index (χ1v) is 12.2. The highest BCUT2D eigenvalue weighted by Crippen LogP contribution is 2.54. The molecule has 150 valence electrons. The molecule has 0 aliphatic heterocycles. The van der Waals surface area contributed by atoms with Gasteiger partial charge in [0.05, 0.1) is 0 Å². The van der Waals surface area contributed by atoms with Gasteiger partial charge in [0.25, 0.3) is 0 Å². The Kier molecular flexibility index (Phi) is 6.48. The predicted molar refractivity (Wildman–Crippen MR) is 128 cm³/mol. The molecule has 0 saturated heterocycles. The second-order valence-corrected chi connectivity index (χ2v) is 11.0. The van der Waals surface area contributed by atoms with Crippen LogP contribution in [0.3, 0.4) is 0 Å². The first-order chi connectivity index (χ1) is 14.1. The minimum atomic E-state index is -0.382. The van der Waals surface area contributed by atoms with Gasteiger partial charge in [-0.2, -0.15) is 0 Å². The van der Waals surface area contributed by atoms with Gasteiger partial charge >= 0.3 is 0 Å². The molecule has 0 spiro atoms. The molecule has 1 nitrogen and oxygen atoms in total. The van der Waals surface area contributed by atoms with Crippen molar-refractivity contribution in [2.75, 3.05) is 14.1 Å². The molecule has 0 bridgehead atoms. The quantitative estimate of drug-likeness (QED) is 0.465. The fourth-order valence-electron chi connectivity index (χ4n) is 5.13. The van der Waals surface area contributed by atoms with Crippen LogP contribution in [-0.2, 0) is 0 Å². The Morgan fingerprint density at radius 1 is 0.793 bits per heavy atom. The van der Waals surface area contributed by atoms with Gasteiger partial charge in [0, 0.05) is 6.04 Å². The Bertz CT molecular complexity index is 906. The number of hydrogen-bond acceptors (Lipinski definition) is 1. The summed E-state index contributed by atoms with van der Waals surface area (Å²) in [6.07, 6.45) is 3.99. The third kappa shape index (κ3) is 4.47. The van der Waals surface area contributed by atoms with E-state index in [1.165, 1.54) is 41.0 Å². The molecule has 0 amide bonds. The van der Waals surface area contributed by atoms with Crippen molar-refractivity contribution in [2.45, 2.75) is 37.9 Å². The lowest BCUT2D eigenvalue weighted by atomic mass is 9.90. The van der Waals surface area contributed by atoms with Crippen LogP contribution in [0.4, 0.5) is 0 Å². The summed E-state index contributed by atoms with van der Waals surface area (Å²) in [6, 6.07) is 32.2. The predicted octanol–water partition coefficient (Wildman–Crippen LogP) is 5.90. The lowest BCUT2D eigenvalue weighted by Crippen LogP contribution is -2.34. The van der Waals surface area contributed by atoms with E-state index in [0.717, 1.165) is 0 Å². The Balaban J connectivity index is 1.77. The third-order valence-corrected chi connectivity index (χ3v) is 9.27. The van der Waals surface area contributed by atoms with Gasteiger partial charge < -0.3 is 4.90 Å². The summed E-state index contributed by atoms with van der Waals surface area (Å²) in [6.45, 7) is 2.22. The van der Waals surface area contributed by atoms with Gasteiger partial charge in [0.15, 0.2) is 0 Å². The second-order valence-electron chi connectivity index (χ2n) is 8.53. The van der Waals surface area contributed by atoms with Gasteiger partial charge in [-0.1, -0.05) is 96.9 Å². The fraction of sp³-hybridized carbons (Fsp3) is 0.333. The number of aryl methyl sites for hydroxylation is 1. The fourth-order valence-corrected chi connectivity index (χ4v) is 8.42. The molecule has 3 aromatic carbocycles. The Labute approximate surface area is 177 Å².